The number of aromatic hydroxyl groups is 1. The van der Waals surface area contributed by atoms with Crippen LogP contribution in [0.2, 0.25) is 0 Å². The van der Waals surface area contributed by atoms with Gasteiger partial charge in [-0.3, -0.25) is 9.13 Å². The summed E-state index contributed by atoms with van der Waals surface area (Å²) >= 11 is 9.31. The van der Waals surface area contributed by atoms with Gasteiger partial charge in [-0.1, -0.05) is 93.1 Å². The molecule has 0 bridgehead atoms. The van der Waals surface area contributed by atoms with Crippen LogP contribution in [0.15, 0.2) is 134 Å². The minimum atomic E-state index is 0.177. The fraction of sp³-hybridized carbons (Fsp3) is 0.245. The molecule has 0 atom stereocenters. The number of aryl methyl sites for hydroxylation is 1. The number of imidazole rings is 2. The molecule has 3 N–H and O–H groups in total. The van der Waals surface area contributed by atoms with Crippen molar-refractivity contribution in [2.45, 2.75) is 83.2 Å². The van der Waals surface area contributed by atoms with E-state index in [1.54, 1.807) is 18.3 Å². The summed E-state index contributed by atoms with van der Waals surface area (Å²) in [6.45, 7) is 2.10. The van der Waals surface area contributed by atoms with Gasteiger partial charge in [-0.05, 0) is 98.8 Å². The minimum absolute atomic E-state index is 0.177. The summed E-state index contributed by atoms with van der Waals surface area (Å²) in [6.07, 6.45) is 15.8. The highest BCUT2D eigenvalue weighted by atomic mass is 79.9. The zero-order chi connectivity index (χ0) is 48.0. The summed E-state index contributed by atoms with van der Waals surface area (Å²) in [5.41, 5.74) is 8.06. The van der Waals surface area contributed by atoms with Crippen molar-refractivity contribution in [2.75, 3.05) is 10.6 Å². The second kappa shape index (κ2) is 21.8. The molecule has 0 saturated heterocycles. The van der Waals surface area contributed by atoms with Crippen molar-refractivity contribution in [3.05, 3.63) is 139 Å². The van der Waals surface area contributed by atoms with Gasteiger partial charge in [-0.25, -0.2) is 29.9 Å². The lowest BCUT2D eigenvalue weighted by Crippen LogP contribution is -2.23. The molecule has 0 spiro atoms. The maximum Gasteiger partial charge on any atom is 0.369 e. The van der Waals surface area contributed by atoms with Crippen LogP contribution >= 0.6 is 47.3 Å². The second-order valence-corrected chi connectivity index (χ2v) is 24.1. The lowest BCUT2D eigenvalue weighted by atomic mass is 9.96. The molecule has 70 heavy (non-hydrogen) atoms. The third-order valence-corrected chi connectivity index (χ3v) is 12.7. The first-order valence-electron chi connectivity index (χ1n) is 23.8. The summed E-state index contributed by atoms with van der Waals surface area (Å²) < 4.78 is 4.32. The van der Waals surface area contributed by atoms with E-state index in [4.69, 9.17) is 29.9 Å². The number of phenols is 1. The molecule has 6 aromatic heterocycles. The highest BCUT2D eigenvalue weighted by Gasteiger charge is 2.21. The first-order chi connectivity index (χ1) is 34.2. The Hall–Kier alpha value is -6.30. The number of phenolic OH excluding ortho intramolecular Hbond substituents is 1. The smallest absolute Gasteiger partial charge is 0.369 e. The number of benzene rings is 4. The molecule has 0 unspecified atom stereocenters. The molecule has 17 heteroatoms. The number of hydrogen-bond donors (Lipinski definition) is 3. The Morgan fingerprint density at radius 2 is 0.957 bits per heavy atom. The van der Waals surface area contributed by atoms with E-state index < -0.39 is 0 Å². The number of aromatic nitrogens is 10. The van der Waals surface area contributed by atoms with Crippen LogP contribution in [0.1, 0.15) is 69.8 Å². The Kier molecular flexibility index (Phi) is 14.7. The Morgan fingerprint density at radius 1 is 0.500 bits per heavy atom. The van der Waals surface area contributed by atoms with E-state index in [1.165, 1.54) is 56.9 Å². The standard InChI is InChI=1S/C27H26N6.C26H24N6O.BBr3/c1-18-11-13-22-24(17-18)33(25-15-16-28-27(32-25)29-20-8-3-2-4-9-20)26(31-22)23-14-12-19-7-5-6-10-21(19)30-23;33-19-11-13-21-23(16-19)32(24-14-15-27-26(31-24)28-18-7-2-1-3-8-18)25(30-21)22-12-10-17-6-4-5-9-20(17)29-22;2-1(3)4/h5-7,10-17,20H,2-4,8-9H2,1H3,(H,28,29,32);4-6,9-16,18,33H,1-3,7-8H2,(H,27,28,31);. The van der Waals surface area contributed by atoms with E-state index in [2.05, 4.69) is 116 Å². The maximum atomic E-state index is 10.2. The number of rotatable bonds is 8. The number of nitrogens with zero attached hydrogens (tertiary/aromatic N) is 10. The summed E-state index contributed by atoms with van der Waals surface area (Å²) in [7, 11) is 0. The van der Waals surface area contributed by atoms with E-state index in [0.29, 0.717) is 35.6 Å². The molecule has 4 aromatic carbocycles. The molecule has 12 rings (SSSR count). The molecule has 2 fully saturated rings. The molecule has 352 valence electrons. The van der Waals surface area contributed by atoms with Gasteiger partial charge in [-0.15, -0.1) is 47.3 Å². The molecule has 13 nitrogen and oxygen atoms in total. The molecule has 0 aliphatic heterocycles. The van der Waals surface area contributed by atoms with Crippen molar-refractivity contribution in [1.29, 1.82) is 0 Å². The van der Waals surface area contributed by atoms with Crippen molar-refractivity contribution in [3.63, 3.8) is 0 Å². The van der Waals surface area contributed by atoms with E-state index in [0.717, 1.165) is 79.7 Å². The average molecular weight is 1120 g/mol. The van der Waals surface area contributed by atoms with E-state index in [1.807, 2.05) is 83.6 Å². The molecular weight excluding hydrogens is 1070 g/mol. The normalized spacial score (nSPS) is 14.2. The fourth-order valence-electron chi connectivity index (χ4n) is 9.38. The lowest BCUT2D eigenvalue weighted by molar-refractivity contribution is 0.461. The van der Waals surface area contributed by atoms with Gasteiger partial charge in [0.2, 0.25) is 11.9 Å². The molecule has 0 radical (unpaired) electrons. The van der Waals surface area contributed by atoms with Crippen molar-refractivity contribution in [2.24, 2.45) is 0 Å². The highest BCUT2D eigenvalue weighted by Crippen LogP contribution is 2.32. The van der Waals surface area contributed by atoms with Gasteiger partial charge in [0.05, 0.1) is 33.1 Å². The van der Waals surface area contributed by atoms with E-state index in [-0.39, 0.29) is 8.93 Å². The first-order valence-corrected chi connectivity index (χ1v) is 26.5. The number of halogens is 3. The van der Waals surface area contributed by atoms with Crippen LogP contribution in [0.4, 0.5) is 11.9 Å². The number of nitrogens with one attached hydrogen (secondary N) is 2. The van der Waals surface area contributed by atoms with Crippen LogP contribution in [0.5, 0.6) is 5.75 Å². The summed E-state index contributed by atoms with van der Waals surface area (Å²) in [6, 6.07) is 40.5. The van der Waals surface area contributed by atoms with Crippen LogP contribution in [0.25, 0.3) is 78.5 Å². The van der Waals surface area contributed by atoms with Crippen molar-refractivity contribution < 1.29 is 5.11 Å². The van der Waals surface area contributed by atoms with Crippen LogP contribution < -0.4 is 10.6 Å². The number of anilines is 2. The Bertz CT molecular complexity index is 3200. The third-order valence-electron chi connectivity index (χ3n) is 12.7. The van der Waals surface area contributed by atoms with Crippen molar-refractivity contribution in [3.8, 4) is 40.4 Å². The average Bonchev–Trinajstić information content (AvgIpc) is 3.95. The van der Waals surface area contributed by atoms with E-state index >= 15 is 0 Å². The van der Waals surface area contributed by atoms with Crippen LogP contribution in [-0.2, 0) is 0 Å². The summed E-state index contributed by atoms with van der Waals surface area (Å²) in [5, 5.41) is 19.4. The largest absolute Gasteiger partial charge is 0.508 e. The van der Waals surface area contributed by atoms with Crippen molar-refractivity contribution in [1.82, 2.24) is 49.0 Å². The van der Waals surface area contributed by atoms with Crippen LogP contribution in [0.3, 0.4) is 0 Å². The number of pyridine rings is 2. The zero-order valence-corrected chi connectivity index (χ0v) is 43.3. The number of fused-ring (bicyclic) bond motifs is 4. The fourth-order valence-corrected chi connectivity index (χ4v) is 9.38. The molecule has 2 aliphatic rings. The van der Waals surface area contributed by atoms with Gasteiger partial charge in [0.25, 0.3) is 0 Å². The van der Waals surface area contributed by atoms with Crippen molar-refractivity contribution >= 4 is 106 Å². The molecule has 2 aliphatic carbocycles. The van der Waals surface area contributed by atoms with Crippen LogP contribution in [-0.4, -0.2) is 69.4 Å². The number of para-hydroxylation sites is 2. The second-order valence-electron chi connectivity index (χ2n) is 17.7. The number of hydrogen-bond acceptors (Lipinski definition) is 11. The quantitative estimate of drug-likeness (QED) is 0.124. The van der Waals surface area contributed by atoms with Gasteiger partial charge in [0, 0.05) is 41.3 Å². The van der Waals surface area contributed by atoms with Gasteiger partial charge >= 0.3 is 3.18 Å². The molecular formula is C53H50BBr3N12O. The van der Waals surface area contributed by atoms with Gasteiger partial charge in [0.1, 0.15) is 28.8 Å². The predicted octanol–water partition coefficient (Wildman–Crippen LogP) is 13.7. The summed E-state index contributed by atoms with van der Waals surface area (Å²) in [5.74, 6) is 4.39. The SMILES string of the molecule is BrB(Br)Br.Cc1ccc2nc(-c3ccc4ccccc4n3)n(-c3ccnc(NC4CCCCC4)n3)c2c1.Oc1ccc2nc(-c3ccc4ccccc4n3)n(-c3ccnc(NC4CCCCC4)n3)c2c1. The lowest BCUT2D eigenvalue weighted by Gasteiger charge is -2.22. The predicted molar refractivity (Wildman–Crippen MR) is 295 cm³/mol. The Labute approximate surface area is 431 Å². The van der Waals surface area contributed by atoms with Crippen LogP contribution in [0, 0.1) is 6.92 Å². The maximum absolute atomic E-state index is 10.2. The molecule has 2 saturated carbocycles. The van der Waals surface area contributed by atoms with Gasteiger partial charge in [0.15, 0.2) is 11.6 Å². The minimum Gasteiger partial charge on any atom is -0.508 e. The topological polar surface area (TPSA) is 157 Å². The Morgan fingerprint density at radius 3 is 1.46 bits per heavy atom. The third kappa shape index (κ3) is 11.0. The first kappa shape index (κ1) is 47.4. The highest BCUT2D eigenvalue weighted by molar-refractivity contribution is 9.69. The van der Waals surface area contributed by atoms with E-state index in [9.17, 15) is 5.11 Å². The summed E-state index contributed by atoms with van der Waals surface area (Å²) in [4.78, 5) is 38.3. The van der Waals surface area contributed by atoms with Gasteiger partial charge in [-0.2, -0.15) is 9.97 Å². The Balaban J connectivity index is 0.000000151. The zero-order valence-electron chi connectivity index (χ0n) is 38.6. The molecule has 0 amide bonds. The molecule has 6 heterocycles. The monoisotopic (exact) mass is 1120 g/mol. The van der Waals surface area contributed by atoms with Gasteiger partial charge < -0.3 is 15.7 Å². The molecule has 10 aromatic rings.